The fourth-order valence-corrected chi connectivity index (χ4v) is 2.50. The van der Waals surface area contributed by atoms with Gasteiger partial charge in [0, 0.05) is 9.86 Å². The highest BCUT2D eigenvalue weighted by molar-refractivity contribution is 9.10. The molecule has 0 spiro atoms. The number of benzene rings is 2. The third-order valence-electron chi connectivity index (χ3n) is 2.51. The molecule has 0 heterocycles. The Kier molecular flexibility index (Phi) is 3.72. The van der Waals surface area contributed by atoms with E-state index in [0.29, 0.717) is 15.4 Å². The summed E-state index contributed by atoms with van der Waals surface area (Å²) in [6.07, 6.45) is 0. The fraction of sp³-hybridized carbons (Fsp3) is 0.167. The lowest BCUT2D eigenvalue weighted by molar-refractivity contribution is -0.0499. The van der Waals surface area contributed by atoms with Gasteiger partial charge < -0.3 is 4.18 Å². The number of fused-ring (bicyclic) bond motifs is 1. The Morgan fingerprint density at radius 3 is 2.40 bits per heavy atom. The van der Waals surface area contributed by atoms with Crippen molar-refractivity contribution in [2.24, 2.45) is 0 Å². The van der Waals surface area contributed by atoms with Gasteiger partial charge in [-0.2, -0.15) is 21.6 Å². The van der Waals surface area contributed by atoms with Crippen LogP contribution in [-0.4, -0.2) is 13.9 Å². The standard InChI is InChI=1S/C12H8BrF3O3S/c1-7-4-8-2-3-9(13)6-10(8)11(5-7)19-20(17,18)12(14,15)16/h2-6H,1H3. The molecule has 20 heavy (non-hydrogen) atoms. The summed E-state index contributed by atoms with van der Waals surface area (Å²) in [5.74, 6) is -0.348. The van der Waals surface area contributed by atoms with Gasteiger partial charge in [-0.1, -0.05) is 28.1 Å². The van der Waals surface area contributed by atoms with Crippen molar-refractivity contribution in [3.05, 3.63) is 40.4 Å². The number of rotatable bonds is 2. The van der Waals surface area contributed by atoms with Crippen LogP contribution >= 0.6 is 15.9 Å². The first-order valence-corrected chi connectivity index (χ1v) is 7.51. The van der Waals surface area contributed by atoms with Crippen molar-refractivity contribution in [1.82, 2.24) is 0 Å². The van der Waals surface area contributed by atoms with Crippen LogP contribution in [0.3, 0.4) is 0 Å². The molecule has 0 atom stereocenters. The summed E-state index contributed by atoms with van der Waals surface area (Å²) in [6.45, 7) is 1.63. The lowest BCUT2D eigenvalue weighted by Gasteiger charge is -2.12. The summed E-state index contributed by atoms with van der Waals surface area (Å²) in [5.41, 5.74) is -4.87. The topological polar surface area (TPSA) is 43.4 Å². The van der Waals surface area contributed by atoms with E-state index in [1.807, 2.05) is 0 Å². The van der Waals surface area contributed by atoms with Gasteiger partial charge in [0.2, 0.25) is 0 Å². The summed E-state index contributed by atoms with van der Waals surface area (Å²) in [4.78, 5) is 0. The van der Waals surface area contributed by atoms with E-state index in [4.69, 9.17) is 0 Å². The largest absolute Gasteiger partial charge is 0.534 e. The summed E-state index contributed by atoms with van der Waals surface area (Å²) in [6, 6.07) is 7.81. The fourth-order valence-electron chi connectivity index (χ4n) is 1.67. The minimum Gasteiger partial charge on any atom is -0.375 e. The molecule has 8 heteroatoms. The first-order valence-electron chi connectivity index (χ1n) is 5.31. The maximum atomic E-state index is 12.4. The summed E-state index contributed by atoms with van der Waals surface area (Å²) in [7, 11) is -5.69. The van der Waals surface area contributed by atoms with Gasteiger partial charge in [-0.15, -0.1) is 0 Å². The van der Waals surface area contributed by atoms with Gasteiger partial charge in [0.15, 0.2) is 5.75 Å². The van der Waals surface area contributed by atoms with Crippen LogP contribution in [-0.2, 0) is 10.1 Å². The van der Waals surface area contributed by atoms with Crippen LogP contribution in [0.15, 0.2) is 34.8 Å². The van der Waals surface area contributed by atoms with E-state index in [9.17, 15) is 21.6 Å². The minimum absolute atomic E-state index is 0.276. The molecule has 0 saturated carbocycles. The third-order valence-corrected chi connectivity index (χ3v) is 3.96. The maximum absolute atomic E-state index is 12.4. The van der Waals surface area contributed by atoms with Crippen molar-refractivity contribution in [3.8, 4) is 5.75 Å². The van der Waals surface area contributed by atoms with Crippen molar-refractivity contribution in [1.29, 1.82) is 0 Å². The SMILES string of the molecule is Cc1cc(OS(=O)(=O)C(F)(F)F)c2cc(Br)ccc2c1. The maximum Gasteiger partial charge on any atom is 0.534 e. The van der Waals surface area contributed by atoms with Gasteiger partial charge in [-0.05, 0) is 36.1 Å². The second-order valence-corrected chi connectivity index (χ2v) is 6.57. The quantitative estimate of drug-likeness (QED) is 0.590. The highest BCUT2D eigenvalue weighted by Crippen LogP contribution is 2.34. The monoisotopic (exact) mass is 368 g/mol. The number of hydrogen-bond donors (Lipinski definition) is 0. The van der Waals surface area contributed by atoms with Gasteiger partial charge in [0.05, 0.1) is 0 Å². The van der Waals surface area contributed by atoms with Crippen molar-refractivity contribution >= 4 is 36.8 Å². The molecule has 0 bridgehead atoms. The Balaban J connectivity index is 2.63. The van der Waals surface area contributed by atoms with E-state index in [1.165, 1.54) is 12.1 Å². The Morgan fingerprint density at radius 1 is 1.15 bits per heavy atom. The van der Waals surface area contributed by atoms with Gasteiger partial charge in [0.25, 0.3) is 0 Å². The zero-order valence-corrected chi connectivity index (χ0v) is 12.4. The van der Waals surface area contributed by atoms with Gasteiger partial charge in [-0.3, -0.25) is 0 Å². The van der Waals surface area contributed by atoms with E-state index >= 15 is 0 Å². The van der Waals surface area contributed by atoms with Gasteiger partial charge >= 0.3 is 15.6 Å². The van der Waals surface area contributed by atoms with Crippen molar-refractivity contribution in [2.75, 3.05) is 0 Å². The van der Waals surface area contributed by atoms with Crippen molar-refractivity contribution in [3.63, 3.8) is 0 Å². The van der Waals surface area contributed by atoms with E-state index < -0.39 is 15.6 Å². The molecule has 0 aromatic heterocycles. The molecular weight excluding hydrogens is 361 g/mol. The van der Waals surface area contributed by atoms with E-state index in [0.717, 1.165) is 0 Å². The second kappa shape index (κ2) is 4.92. The van der Waals surface area contributed by atoms with E-state index in [1.54, 1.807) is 25.1 Å². The van der Waals surface area contributed by atoms with Crippen LogP contribution in [0.4, 0.5) is 13.2 Å². The van der Waals surface area contributed by atoms with Crippen LogP contribution in [0.5, 0.6) is 5.75 Å². The molecule has 2 aromatic rings. The predicted molar refractivity (Wildman–Crippen MR) is 72.0 cm³/mol. The molecule has 2 rings (SSSR count). The zero-order valence-electron chi connectivity index (χ0n) is 10.0. The molecule has 0 radical (unpaired) electrons. The van der Waals surface area contributed by atoms with Crippen LogP contribution in [0, 0.1) is 6.92 Å². The van der Waals surface area contributed by atoms with Crippen LogP contribution in [0.1, 0.15) is 5.56 Å². The number of aryl methyl sites for hydroxylation is 1. The Hall–Kier alpha value is -1.28. The molecule has 0 aliphatic heterocycles. The zero-order chi connectivity index (χ0) is 15.1. The number of alkyl halides is 3. The summed E-state index contributed by atoms with van der Waals surface area (Å²) >= 11 is 3.18. The Labute approximate surface area is 121 Å². The molecule has 0 aliphatic carbocycles. The minimum atomic E-state index is -5.69. The molecule has 0 N–H and O–H groups in total. The first kappa shape index (κ1) is 15.1. The molecular formula is C12H8BrF3O3S. The smallest absolute Gasteiger partial charge is 0.375 e. The molecule has 0 saturated heterocycles. The summed E-state index contributed by atoms with van der Waals surface area (Å²) < 4.78 is 64.2. The number of hydrogen-bond acceptors (Lipinski definition) is 3. The third kappa shape index (κ3) is 2.90. The molecule has 2 aromatic carbocycles. The van der Waals surface area contributed by atoms with Crippen LogP contribution in [0.25, 0.3) is 10.8 Å². The average molecular weight is 369 g/mol. The van der Waals surface area contributed by atoms with Crippen molar-refractivity contribution in [2.45, 2.75) is 12.4 Å². The number of halogens is 4. The lowest BCUT2D eigenvalue weighted by atomic mass is 10.1. The molecule has 108 valence electrons. The van der Waals surface area contributed by atoms with Crippen LogP contribution in [0.2, 0.25) is 0 Å². The molecule has 0 aliphatic rings. The van der Waals surface area contributed by atoms with E-state index in [-0.39, 0.29) is 11.1 Å². The average Bonchev–Trinajstić information content (AvgIpc) is 2.28. The lowest BCUT2D eigenvalue weighted by Crippen LogP contribution is -2.28. The molecule has 0 amide bonds. The second-order valence-electron chi connectivity index (χ2n) is 4.11. The van der Waals surface area contributed by atoms with Gasteiger partial charge in [-0.25, -0.2) is 0 Å². The predicted octanol–water partition coefficient (Wildman–Crippen LogP) is 4.14. The van der Waals surface area contributed by atoms with Gasteiger partial charge in [0.1, 0.15) is 0 Å². The van der Waals surface area contributed by atoms with Crippen LogP contribution < -0.4 is 4.18 Å². The molecule has 0 fully saturated rings. The van der Waals surface area contributed by atoms with E-state index in [2.05, 4.69) is 20.1 Å². The first-order chi connectivity index (χ1) is 9.10. The normalized spacial score (nSPS) is 12.7. The molecule has 3 nitrogen and oxygen atoms in total. The Morgan fingerprint density at radius 2 is 1.80 bits per heavy atom. The highest BCUT2D eigenvalue weighted by Gasteiger charge is 2.48. The highest BCUT2D eigenvalue weighted by atomic mass is 79.9. The Bertz CT molecular complexity index is 769. The summed E-state index contributed by atoms with van der Waals surface area (Å²) in [5, 5.41) is 0.860. The molecule has 0 unspecified atom stereocenters. The van der Waals surface area contributed by atoms with Crippen molar-refractivity contribution < 1.29 is 25.8 Å².